The highest BCUT2D eigenvalue weighted by Crippen LogP contribution is 2.20. The van der Waals surface area contributed by atoms with Gasteiger partial charge in [-0.05, 0) is 38.5 Å². The lowest BCUT2D eigenvalue weighted by Gasteiger charge is -2.09. The third kappa shape index (κ3) is 4.65. The molecule has 5 heteroatoms. The van der Waals surface area contributed by atoms with E-state index in [1.165, 1.54) is 6.20 Å². The summed E-state index contributed by atoms with van der Waals surface area (Å²) in [6.45, 7) is 5.70. The number of halogens is 1. The van der Waals surface area contributed by atoms with E-state index in [2.05, 4.69) is 10.6 Å². The number of amides is 1. The molecule has 0 fully saturated rings. The molecule has 0 unspecified atom stereocenters. The van der Waals surface area contributed by atoms with Crippen LogP contribution in [0.1, 0.15) is 19.4 Å². The summed E-state index contributed by atoms with van der Waals surface area (Å²) < 4.78 is 0. The SMILES string of the molecule is Cc1ccc(Cl)cc1NC(=O)/C(C#N)=C\NC(C)C. The summed E-state index contributed by atoms with van der Waals surface area (Å²) in [5.74, 6) is -0.457. The molecule has 0 bridgehead atoms. The zero-order valence-corrected chi connectivity index (χ0v) is 11.9. The standard InChI is InChI=1S/C14H16ClN3O/c1-9(2)17-8-11(7-16)14(19)18-13-6-12(15)5-4-10(13)3/h4-6,8-9,17H,1-3H3,(H,18,19)/b11-8-. The molecule has 0 aliphatic heterocycles. The molecule has 0 heterocycles. The lowest BCUT2D eigenvalue weighted by Crippen LogP contribution is -2.20. The van der Waals surface area contributed by atoms with E-state index in [-0.39, 0.29) is 11.6 Å². The second kappa shape index (κ2) is 6.81. The summed E-state index contributed by atoms with van der Waals surface area (Å²) in [5.41, 5.74) is 1.50. The number of hydrogen-bond acceptors (Lipinski definition) is 3. The van der Waals surface area contributed by atoms with E-state index < -0.39 is 5.91 Å². The first-order valence-corrected chi connectivity index (χ1v) is 6.25. The van der Waals surface area contributed by atoms with Crippen LogP contribution in [0.25, 0.3) is 0 Å². The summed E-state index contributed by atoms with van der Waals surface area (Å²) >= 11 is 5.87. The Kier molecular flexibility index (Phi) is 5.40. The smallest absolute Gasteiger partial charge is 0.267 e. The molecule has 0 saturated carbocycles. The first kappa shape index (κ1) is 15.1. The second-order valence-electron chi connectivity index (χ2n) is 4.40. The maximum Gasteiger partial charge on any atom is 0.267 e. The Labute approximate surface area is 118 Å². The molecular formula is C14H16ClN3O. The summed E-state index contributed by atoms with van der Waals surface area (Å²) in [4.78, 5) is 11.9. The molecule has 19 heavy (non-hydrogen) atoms. The summed E-state index contributed by atoms with van der Waals surface area (Å²) in [6, 6.07) is 7.22. The van der Waals surface area contributed by atoms with E-state index >= 15 is 0 Å². The van der Waals surface area contributed by atoms with Crippen molar-refractivity contribution in [1.29, 1.82) is 5.26 Å². The van der Waals surface area contributed by atoms with Gasteiger partial charge in [0.2, 0.25) is 0 Å². The van der Waals surface area contributed by atoms with Crippen molar-refractivity contribution in [2.75, 3.05) is 5.32 Å². The highest BCUT2D eigenvalue weighted by molar-refractivity contribution is 6.31. The van der Waals surface area contributed by atoms with Crippen LogP contribution in [0.3, 0.4) is 0 Å². The molecule has 0 aliphatic carbocycles. The maximum absolute atomic E-state index is 11.9. The van der Waals surface area contributed by atoms with E-state index in [0.717, 1.165) is 5.56 Å². The molecule has 0 aliphatic rings. The Morgan fingerprint density at radius 2 is 2.16 bits per heavy atom. The largest absolute Gasteiger partial charge is 0.387 e. The molecule has 100 valence electrons. The number of anilines is 1. The molecule has 0 radical (unpaired) electrons. The minimum Gasteiger partial charge on any atom is -0.387 e. The van der Waals surface area contributed by atoms with Gasteiger partial charge in [-0.1, -0.05) is 17.7 Å². The summed E-state index contributed by atoms with van der Waals surface area (Å²) in [6.07, 6.45) is 1.42. The van der Waals surface area contributed by atoms with Gasteiger partial charge in [-0.3, -0.25) is 4.79 Å². The predicted molar refractivity (Wildman–Crippen MR) is 76.8 cm³/mol. The van der Waals surface area contributed by atoms with Crippen LogP contribution in [0, 0.1) is 18.3 Å². The lowest BCUT2D eigenvalue weighted by atomic mass is 10.2. The van der Waals surface area contributed by atoms with Crippen LogP contribution >= 0.6 is 11.6 Å². The number of hydrogen-bond donors (Lipinski definition) is 2. The lowest BCUT2D eigenvalue weighted by molar-refractivity contribution is -0.112. The van der Waals surface area contributed by atoms with Crippen molar-refractivity contribution in [3.8, 4) is 6.07 Å². The Bertz CT molecular complexity index is 544. The molecule has 1 rings (SSSR count). The topological polar surface area (TPSA) is 64.9 Å². The molecule has 1 aromatic rings. The van der Waals surface area contributed by atoms with E-state index in [1.807, 2.05) is 26.8 Å². The van der Waals surface area contributed by atoms with Crippen LogP contribution in [0.4, 0.5) is 5.69 Å². The fourth-order valence-corrected chi connectivity index (χ4v) is 1.49. The van der Waals surface area contributed by atoms with Gasteiger partial charge < -0.3 is 10.6 Å². The fourth-order valence-electron chi connectivity index (χ4n) is 1.32. The molecule has 0 atom stereocenters. The van der Waals surface area contributed by atoms with Gasteiger partial charge in [-0.2, -0.15) is 5.26 Å². The molecule has 0 aromatic heterocycles. The number of nitriles is 1. The monoisotopic (exact) mass is 277 g/mol. The molecule has 4 nitrogen and oxygen atoms in total. The first-order chi connectivity index (χ1) is 8.93. The zero-order valence-electron chi connectivity index (χ0n) is 11.1. The Morgan fingerprint density at radius 3 is 2.74 bits per heavy atom. The van der Waals surface area contributed by atoms with Crippen LogP contribution in [0.5, 0.6) is 0 Å². The zero-order chi connectivity index (χ0) is 14.4. The van der Waals surface area contributed by atoms with Crippen molar-refractivity contribution in [1.82, 2.24) is 5.32 Å². The van der Waals surface area contributed by atoms with Gasteiger partial charge in [-0.25, -0.2) is 0 Å². The maximum atomic E-state index is 11.9. The summed E-state index contributed by atoms with van der Waals surface area (Å²) in [5, 5.41) is 15.1. The molecule has 1 amide bonds. The molecule has 0 spiro atoms. The predicted octanol–water partition coefficient (Wildman–Crippen LogP) is 2.99. The normalized spacial score (nSPS) is 11.1. The number of benzene rings is 1. The Morgan fingerprint density at radius 1 is 1.47 bits per heavy atom. The van der Waals surface area contributed by atoms with Crippen LogP contribution in [-0.2, 0) is 4.79 Å². The number of rotatable bonds is 4. The number of nitrogens with one attached hydrogen (secondary N) is 2. The van der Waals surface area contributed by atoms with Crippen molar-refractivity contribution < 1.29 is 4.79 Å². The molecular weight excluding hydrogens is 262 g/mol. The Hall–Kier alpha value is -1.99. The van der Waals surface area contributed by atoms with Crippen molar-refractivity contribution in [3.63, 3.8) is 0 Å². The van der Waals surface area contributed by atoms with Gasteiger partial charge in [0.25, 0.3) is 5.91 Å². The van der Waals surface area contributed by atoms with Crippen LogP contribution in [0.15, 0.2) is 30.0 Å². The van der Waals surface area contributed by atoms with Crippen molar-refractivity contribution in [3.05, 3.63) is 40.6 Å². The highest BCUT2D eigenvalue weighted by atomic mass is 35.5. The number of carbonyl (C=O) groups excluding carboxylic acids is 1. The van der Waals surface area contributed by atoms with Crippen LogP contribution in [-0.4, -0.2) is 11.9 Å². The van der Waals surface area contributed by atoms with Crippen molar-refractivity contribution >= 4 is 23.2 Å². The average Bonchev–Trinajstić information content (AvgIpc) is 2.34. The average molecular weight is 278 g/mol. The number of nitrogens with zero attached hydrogens (tertiary/aromatic N) is 1. The van der Waals surface area contributed by atoms with Crippen molar-refractivity contribution in [2.45, 2.75) is 26.8 Å². The van der Waals surface area contributed by atoms with Gasteiger partial charge in [0, 0.05) is 23.0 Å². The third-order valence-electron chi connectivity index (χ3n) is 2.37. The van der Waals surface area contributed by atoms with E-state index in [1.54, 1.807) is 18.2 Å². The van der Waals surface area contributed by atoms with Gasteiger partial charge in [0.15, 0.2) is 0 Å². The highest BCUT2D eigenvalue weighted by Gasteiger charge is 2.11. The van der Waals surface area contributed by atoms with Crippen LogP contribution in [0.2, 0.25) is 5.02 Å². The molecule has 2 N–H and O–H groups in total. The number of carbonyl (C=O) groups is 1. The Balaban J connectivity index is 2.86. The van der Waals surface area contributed by atoms with E-state index in [9.17, 15) is 4.79 Å². The fraction of sp³-hybridized carbons (Fsp3) is 0.286. The minimum atomic E-state index is -0.457. The van der Waals surface area contributed by atoms with Gasteiger partial charge in [0.1, 0.15) is 11.6 Å². The number of aryl methyl sites for hydroxylation is 1. The van der Waals surface area contributed by atoms with Gasteiger partial charge in [0.05, 0.1) is 0 Å². The quantitative estimate of drug-likeness (QED) is 0.657. The van der Waals surface area contributed by atoms with E-state index in [4.69, 9.17) is 16.9 Å². The summed E-state index contributed by atoms with van der Waals surface area (Å²) in [7, 11) is 0. The molecule has 1 aromatic carbocycles. The van der Waals surface area contributed by atoms with Gasteiger partial charge >= 0.3 is 0 Å². The first-order valence-electron chi connectivity index (χ1n) is 5.88. The van der Waals surface area contributed by atoms with E-state index in [0.29, 0.717) is 10.7 Å². The second-order valence-corrected chi connectivity index (χ2v) is 4.84. The minimum absolute atomic E-state index is 0.0214. The third-order valence-corrected chi connectivity index (χ3v) is 2.61. The molecule has 0 saturated heterocycles. The van der Waals surface area contributed by atoms with Crippen molar-refractivity contribution in [2.24, 2.45) is 0 Å². The van der Waals surface area contributed by atoms with Crippen LogP contribution < -0.4 is 10.6 Å². The van der Waals surface area contributed by atoms with Gasteiger partial charge in [-0.15, -0.1) is 0 Å².